The van der Waals surface area contributed by atoms with E-state index in [2.05, 4.69) is 5.32 Å². The van der Waals surface area contributed by atoms with E-state index in [-0.39, 0.29) is 6.54 Å². The predicted octanol–water partition coefficient (Wildman–Crippen LogP) is 1.12. The quantitative estimate of drug-likeness (QED) is 0.675. The first kappa shape index (κ1) is 11.9. The van der Waals surface area contributed by atoms with Crippen LogP contribution in [0.2, 0.25) is 0 Å². The molecule has 0 aliphatic heterocycles. The van der Waals surface area contributed by atoms with Gasteiger partial charge >= 0.3 is 13.2 Å². The minimum absolute atomic E-state index is 0.216. The van der Waals surface area contributed by atoms with Crippen LogP contribution in [0.25, 0.3) is 0 Å². The summed E-state index contributed by atoms with van der Waals surface area (Å²) in [7, 11) is -4.63. The Kier molecular flexibility index (Phi) is 4.03. The van der Waals surface area contributed by atoms with Gasteiger partial charge in [-0.1, -0.05) is 30.3 Å². The normalized spacial score (nSPS) is 11.1. The topological polar surface area (TPSA) is 86.6 Å². The lowest BCUT2D eigenvalue weighted by Gasteiger charge is -2.05. The molecule has 0 saturated carbocycles. The molecule has 0 aliphatic carbocycles. The average Bonchev–Trinajstić information content (AvgIpc) is 2.18. The zero-order valence-electron chi connectivity index (χ0n) is 7.96. The Bertz CT molecular complexity index is 373. The van der Waals surface area contributed by atoms with Crippen molar-refractivity contribution in [1.82, 2.24) is 5.32 Å². The van der Waals surface area contributed by atoms with Gasteiger partial charge in [-0.15, -0.1) is 0 Å². The molecule has 0 spiro atoms. The molecule has 0 fully saturated rings. The van der Waals surface area contributed by atoms with Gasteiger partial charge in [0.25, 0.3) is 0 Å². The molecule has 1 amide bonds. The number of nitrogens with one attached hydrogen (secondary N) is 1. The molecule has 0 atom stereocenters. The number of hydrogen-bond donors (Lipinski definition) is 3. The SMILES string of the molecule is O=C(NCCc1ccccc1)P(=O)(O)O. The molecule has 15 heavy (non-hydrogen) atoms. The predicted molar refractivity (Wildman–Crippen MR) is 55.6 cm³/mol. The van der Waals surface area contributed by atoms with Crippen molar-refractivity contribution in [3.05, 3.63) is 35.9 Å². The molecule has 82 valence electrons. The zero-order chi connectivity index (χ0) is 11.3. The molecular formula is C9H12NO4P. The first-order valence-corrected chi connectivity index (χ1v) is 5.99. The molecule has 0 heterocycles. The molecule has 1 aromatic rings. The largest absolute Gasteiger partial charge is 0.413 e. The minimum Gasteiger partial charge on any atom is -0.345 e. The van der Waals surface area contributed by atoms with Gasteiger partial charge in [-0.2, -0.15) is 0 Å². The van der Waals surface area contributed by atoms with Crippen LogP contribution in [-0.4, -0.2) is 22.0 Å². The average molecular weight is 229 g/mol. The number of hydrogen-bond acceptors (Lipinski definition) is 2. The first-order chi connectivity index (χ1) is 7.00. The van der Waals surface area contributed by atoms with Crippen LogP contribution in [0.15, 0.2) is 30.3 Å². The molecule has 0 aliphatic rings. The van der Waals surface area contributed by atoms with Crippen molar-refractivity contribution in [3.8, 4) is 0 Å². The van der Waals surface area contributed by atoms with Crippen molar-refractivity contribution < 1.29 is 19.1 Å². The number of carbonyl (C=O) groups is 1. The van der Waals surface area contributed by atoms with Crippen molar-refractivity contribution in [3.63, 3.8) is 0 Å². The van der Waals surface area contributed by atoms with E-state index in [1.54, 1.807) is 0 Å². The Morgan fingerprint density at radius 2 is 1.87 bits per heavy atom. The zero-order valence-corrected chi connectivity index (χ0v) is 8.85. The highest BCUT2D eigenvalue weighted by Crippen LogP contribution is 2.34. The summed E-state index contributed by atoms with van der Waals surface area (Å²) in [5, 5.41) is 2.17. The van der Waals surface area contributed by atoms with E-state index in [0.717, 1.165) is 5.56 Å². The molecule has 1 rings (SSSR count). The van der Waals surface area contributed by atoms with Crippen LogP contribution in [-0.2, 0) is 11.0 Å². The lowest BCUT2D eigenvalue weighted by Crippen LogP contribution is -2.23. The maximum Gasteiger partial charge on any atom is 0.413 e. The Morgan fingerprint density at radius 3 is 2.40 bits per heavy atom. The molecule has 0 saturated heterocycles. The minimum atomic E-state index is -4.63. The van der Waals surface area contributed by atoms with Gasteiger partial charge < -0.3 is 15.1 Å². The fourth-order valence-electron chi connectivity index (χ4n) is 1.06. The summed E-state index contributed by atoms with van der Waals surface area (Å²) in [6, 6.07) is 9.35. The number of carbonyl (C=O) groups excluding carboxylic acids is 1. The van der Waals surface area contributed by atoms with Crippen LogP contribution in [0, 0.1) is 0 Å². The molecule has 0 bridgehead atoms. The number of rotatable bonds is 4. The van der Waals surface area contributed by atoms with Crippen molar-refractivity contribution in [2.45, 2.75) is 6.42 Å². The summed E-state index contributed by atoms with van der Waals surface area (Å²) in [5.41, 5.74) is -0.220. The molecule has 3 N–H and O–H groups in total. The third-order valence-electron chi connectivity index (χ3n) is 1.80. The van der Waals surface area contributed by atoms with E-state index >= 15 is 0 Å². The van der Waals surface area contributed by atoms with Gasteiger partial charge in [0.05, 0.1) is 0 Å². The Morgan fingerprint density at radius 1 is 1.27 bits per heavy atom. The fourth-order valence-corrected chi connectivity index (χ4v) is 1.38. The highest BCUT2D eigenvalue weighted by atomic mass is 31.2. The first-order valence-electron chi connectivity index (χ1n) is 4.38. The van der Waals surface area contributed by atoms with Gasteiger partial charge in [0.2, 0.25) is 0 Å². The second kappa shape index (κ2) is 5.07. The molecular weight excluding hydrogens is 217 g/mol. The lowest BCUT2D eigenvalue weighted by molar-refractivity contribution is 0.249. The van der Waals surface area contributed by atoms with E-state index in [1.807, 2.05) is 30.3 Å². The van der Waals surface area contributed by atoms with Crippen LogP contribution in [0.5, 0.6) is 0 Å². The van der Waals surface area contributed by atoms with Gasteiger partial charge in [0.15, 0.2) is 0 Å². The van der Waals surface area contributed by atoms with Gasteiger partial charge in [-0.05, 0) is 12.0 Å². The molecule has 0 radical (unpaired) electrons. The Balaban J connectivity index is 2.35. The smallest absolute Gasteiger partial charge is 0.345 e. The summed E-state index contributed by atoms with van der Waals surface area (Å²) in [4.78, 5) is 27.7. The summed E-state index contributed by atoms with van der Waals surface area (Å²) >= 11 is 0. The van der Waals surface area contributed by atoms with E-state index in [0.29, 0.717) is 6.42 Å². The Labute approximate surface area is 87.3 Å². The van der Waals surface area contributed by atoms with Crippen LogP contribution in [0.3, 0.4) is 0 Å². The lowest BCUT2D eigenvalue weighted by atomic mass is 10.2. The van der Waals surface area contributed by atoms with Gasteiger partial charge in [0.1, 0.15) is 0 Å². The van der Waals surface area contributed by atoms with Gasteiger partial charge in [-0.3, -0.25) is 4.79 Å². The number of benzene rings is 1. The van der Waals surface area contributed by atoms with E-state index in [9.17, 15) is 9.36 Å². The summed E-state index contributed by atoms with van der Waals surface area (Å²) < 4.78 is 10.5. The van der Waals surface area contributed by atoms with Gasteiger partial charge in [-0.25, -0.2) is 4.57 Å². The highest BCUT2D eigenvalue weighted by molar-refractivity contribution is 7.69. The van der Waals surface area contributed by atoms with Crippen molar-refractivity contribution in [2.75, 3.05) is 6.54 Å². The van der Waals surface area contributed by atoms with Crippen LogP contribution < -0.4 is 5.32 Å². The van der Waals surface area contributed by atoms with Crippen LogP contribution in [0.1, 0.15) is 5.56 Å². The van der Waals surface area contributed by atoms with E-state index < -0.39 is 13.2 Å². The second-order valence-electron chi connectivity index (χ2n) is 3.01. The standard InChI is InChI=1S/C9H12NO4P/c11-9(15(12,13)14)10-7-6-8-4-2-1-3-5-8/h1-5H,6-7H2,(H,10,11)(H2,12,13,14). The molecule has 5 nitrogen and oxygen atoms in total. The van der Waals surface area contributed by atoms with E-state index in [4.69, 9.17) is 9.79 Å². The summed E-state index contributed by atoms with van der Waals surface area (Å²) in [6.45, 7) is 0.216. The van der Waals surface area contributed by atoms with Crippen molar-refractivity contribution >= 4 is 13.2 Å². The molecule has 6 heteroatoms. The Hall–Kier alpha value is -1.16. The van der Waals surface area contributed by atoms with E-state index in [1.165, 1.54) is 0 Å². The third kappa shape index (κ3) is 4.25. The van der Waals surface area contributed by atoms with Crippen LogP contribution in [0.4, 0.5) is 4.79 Å². The number of amides is 1. The van der Waals surface area contributed by atoms with Crippen LogP contribution >= 0.6 is 7.60 Å². The third-order valence-corrected chi connectivity index (χ3v) is 2.48. The molecule has 0 aromatic heterocycles. The maximum absolute atomic E-state index is 10.8. The van der Waals surface area contributed by atoms with Crippen molar-refractivity contribution in [1.29, 1.82) is 0 Å². The molecule has 1 aromatic carbocycles. The van der Waals surface area contributed by atoms with Gasteiger partial charge in [0, 0.05) is 6.54 Å². The summed E-state index contributed by atoms with van der Waals surface area (Å²) in [6.07, 6.45) is 0.548. The van der Waals surface area contributed by atoms with Crippen molar-refractivity contribution in [2.24, 2.45) is 0 Å². The maximum atomic E-state index is 10.8. The fraction of sp³-hybridized carbons (Fsp3) is 0.222. The molecule has 0 unspecified atom stereocenters. The summed E-state index contributed by atoms with van der Waals surface area (Å²) in [5.74, 6) is 0. The monoisotopic (exact) mass is 229 g/mol. The second-order valence-corrected chi connectivity index (χ2v) is 4.51. The highest BCUT2D eigenvalue weighted by Gasteiger charge is 2.24.